The summed E-state index contributed by atoms with van der Waals surface area (Å²) in [6.07, 6.45) is 2.02. The van der Waals surface area contributed by atoms with E-state index in [9.17, 15) is 0 Å². The maximum Gasteiger partial charge on any atom is 0.0709 e. The molecule has 0 bridgehead atoms. The number of fused-ring (bicyclic) bond motifs is 10. The quantitative estimate of drug-likeness (QED) is 0.207. The molecule has 0 amide bonds. The van der Waals surface area contributed by atoms with Crippen LogP contribution in [-0.2, 0) is 0 Å². The monoisotopic (exact) mass is 520 g/mol. The van der Waals surface area contributed by atoms with Gasteiger partial charge < -0.3 is 4.57 Å². The summed E-state index contributed by atoms with van der Waals surface area (Å²) in [6.45, 7) is 0. The second kappa shape index (κ2) is 8.51. The molecule has 2 nitrogen and oxygen atoms in total. The predicted octanol–water partition coefficient (Wildman–Crippen LogP) is 10.5. The van der Waals surface area contributed by atoms with E-state index in [0.717, 1.165) is 16.9 Å². The number of pyridine rings is 1. The summed E-state index contributed by atoms with van der Waals surface area (Å²) < 4.78 is 2.37. The minimum Gasteiger partial charge on any atom is -0.308 e. The van der Waals surface area contributed by atoms with Crippen molar-refractivity contribution in [2.75, 3.05) is 0 Å². The Bertz CT molecular complexity index is 2460. The molecule has 9 rings (SSSR count). The van der Waals surface area contributed by atoms with Crippen LogP contribution in [0.25, 0.3) is 81.8 Å². The van der Waals surface area contributed by atoms with Crippen LogP contribution in [0.5, 0.6) is 0 Å². The molecule has 0 saturated heterocycles. The Hall–Kier alpha value is -5.47. The van der Waals surface area contributed by atoms with E-state index in [2.05, 4.69) is 144 Å². The van der Waals surface area contributed by atoms with Gasteiger partial charge in [0.15, 0.2) is 0 Å². The second-order valence-electron chi connectivity index (χ2n) is 10.8. The minimum atomic E-state index is 0.981. The average molecular weight is 521 g/mol. The van der Waals surface area contributed by atoms with E-state index in [1.807, 2.05) is 6.20 Å². The molecule has 2 aromatic heterocycles. The van der Waals surface area contributed by atoms with Gasteiger partial charge in [0.2, 0.25) is 0 Å². The third-order valence-electron chi connectivity index (χ3n) is 8.61. The molecule has 0 saturated carbocycles. The number of nitrogens with zero attached hydrogens (tertiary/aromatic N) is 2. The third kappa shape index (κ3) is 3.22. The first kappa shape index (κ1) is 22.4. The van der Waals surface area contributed by atoms with Gasteiger partial charge in [-0.2, -0.15) is 0 Å². The summed E-state index contributed by atoms with van der Waals surface area (Å²) in [5.74, 6) is 0. The van der Waals surface area contributed by atoms with Gasteiger partial charge in [0.1, 0.15) is 0 Å². The van der Waals surface area contributed by atoms with Gasteiger partial charge in [0.05, 0.1) is 28.6 Å². The molecule has 7 aromatic carbocycles. The first-order valence-corrected chi connectivity index (χ1v) is 14.1. The van der Waals surface area contributed by atoms with Crippen molar-refractivity contribution in [2.24, 2.45) is 0 Å². The van der Waals surface area contributed by atoms with Gasteiger partial charge in [0.25, 0.3) is 0 Å². The predicted molar refractivity (Wildman–Crippen MR) is 174 cm³/mol. The fourth-order valence-electron chi connectivity index (χ4n) is 6.77. The lowest BCUT2D eigenvalue weighted by atomic mass is 9.93. The van der Waals surface area contributed by atoms with Crippen molar-refractivity contribution in [3.8, 4) is 16.9 Å². The van der Waals surface area contributed by atoms with Crippen LogP contribution in [0.3, 0.4) is 0 Å². The molecule has 0 N–H and O–H groups in total. The lowest BCUT2D eigenvalue weighted by Gasteiger charge is -2.13. The number of hydrogen-bond acceptors (Lipinski definition) is 1. The molecule has 190 valence electrons. The molecular formula is C39H24N2. The summed E-state index contributed by atoms with van der Waals surface area (Å²) in [5.41, 5.74) is 5.57. The first-order chi connectivity index (χ1) is 20.3. The molecule has 0 aliphatic heterocycles. The Morgan fingerprint density at radius 2 is 0.976 bits per heavy atom. The molecule has 0 fully saturated rings. The summed E-state index contributed by atoms with van der Waals surface area (Å²) in [7, 11) is 0. The van der Waals surface area contributed by atoms with Gasteiger partial charge >= 0.3 is 0 Å². The summed E-state index contributed by atoms with van der Waals surface area (Å²) >= 11 is 0. The molecule has 0 aliphatic carbocycles. The van der Waals surface area contributed by atoms with E-state index in [0.29, 0.717) is 0 Å². The molecule has 2 heteroatoms. The molecule has 0 aliphatic rings. The van der Waals surface area contributed by atoms with Crippen molar-refractivity contribution in [1.29, 1.82) is 0 Å². The van der Waals surface area contributed by atoms with Crippen LogP contribution in [0, 0.1) is 0 Å². The normalized spacial score (nSPS) is 11.9. The van der Waals surface area contributed by atoms with E-state index >= 15 is 0 Å². The molecule has 0 radical (unpaired) electrons. The van der Waals surface area contributed by atoms with Gasteiger partial charge in [-0.25, -0.2) is 0 Å². The van der Waals surface area contributed by atoms with Crippen molar-refractivity contribution < 1.29 is 0 Å². The maximum absolute atomic E-state index is 5.00. The molecular weight excluding hydrogens is 496 g/mol. The fraction of sp³-hybridized carbons (Fsp3) is 0. The summed E-state index contributed by atoms with van der Waals surface area (Å²) in [6, 6.07) is 50.4. The first-order valence-electron chi connectivity index (χ1n) is 14.1. The highest BCUT2D eigenvalue weighted by Crippen LogP contribution is 2.41. The van der Waals surface area contributed by atoms with Crippen molar-refractivity contribution in [3.05, 3.63) is 146 Å². The van der Waals surface area contributed by atoms with Crippen molar-refractivity contribution >= 4 is 64.9 Å². The van der Waals surface area contributed by atoms with E-state index < -0.39 is 0 Å². The van der Waals surface area contributed by atoms with E-state index in [4.69, 9.17) is 4.98 Å². The van der Waals surface area contributed by atoms with Crippen LogP contribution < -0.4 is 0 Å². The van der Waals surface area contributed by atoms with E-state index in [1.165, 1.54) is 64.9 Å². The van der Waals surface area contributed by atoms with Crippen LogP contribution in [0.4, 0.5) is 0 Å². The Kier molecular flexibility index (Phi) is 4.64. The van der Waals surface area contributed by atoms with Gasteiger partial charge in [-0.3, -0.25) is 4.98 Å². The number of rotatable bonds is 2. The van der Waals surface area contributed by atoms with E-state index in [-0.39, 0.29) is 0 Å². The van der Waals surface area contributed by atoms with Crippen LogP contribution in [0.2, 0.25) is 0 Å². The third-order valence-corrected chi connectivity index (χ3v) is 8.61. The zero-order valence-corrected chi connectivity index (χ0v) is 22.3. The topological polar surface area (TPSA) is 17.8 Å². The Morgan fingerprint density at radius 3 is 1.68 bits per heavy atom. The summed E-state index contributed by atoms with van der Waals surface area (Å²) in [5, 5.41) is 12.7. The highest BCUT2D eigenvalue weighted by molar-refractivity contribution is 6.28. The fourth-order valence-corrected chi connectivity index (χ4v) is 6.77. The molecule has 2 heterocycles. The highest BCUT2D eigenvalue weighted by atomic mass is 15.0. The number of para-hydroxylation sites is 1. The van der Waals surface area contributed by atoms with Gasteiger partial charge in [0, 0.05) is 16.3 Å². The molecule has 9 aromatic rings. The highest BCUT2D eigenvalue weighted by Gasteiger charge is 2.16. The largest absolute Gasteiger partial charge is 0.308 e. The standard InChI is InChI=1S/C39H24N2/c1-2-12-27-25(10-1)11-9-18-32(27)37-21-20-26(24-40-37)41-38-19-8-7-17-33(38)36-22-34-30-15-5-3-13-28(30)29-14-4-6-16-31(29)35(34)23-39(36)41/h1-24H. The van der Waals surface area contributed by atoms with Gasteiger partial charge in [-0.05, 0) is 73.4 Å². The smallest absolute Gasteiger partial charge is 0.0709 e. The van der Waals surface area contributed by atoms with E-state index in [1.54, 1.807) is 0 Å². The minimum absolute atomic E-state index is 0.981. The molecule has 41 heavy (non-hydrogen) atoms. The second-order valence-corrected chi connectivity index (χ2v) is 10.8. The number of hydrogen-bond donors (Lipinski definition) is 0. The Labute approximate surface area is 236 Å². The van der Waals surface area contributed by atoms with Crippen LogP contribution in [0.1, 0.15) is 0 Å². The zero-order valence-electron chi connectivity index (χ0n) is 22.3. The summed E-state index contributed by atoms with van der Waals surface area (Å²) in [4.78, 5) is 5.00. The molecule has 0 unspecified atom stereocenters. The molecule has 0 atom stereocenters. The SMILES string of the molecule is c1ccc2c(-c3ccc(-n4c5ccccc5c5cc6c7ccccc7c7ccccc7c6cc54)cn3)cccc2c1. The zero-order chi connectivity index (χ0) is 26.9. The van der Waals surface area contributed by atoms with Gasteiger partial charge in [-0.15, -0.1) is 0 Å². The van der Waals surface area contributed by atoms with Crippen LogP contribution in [0.15, 0.2) is 146 Å². The van der Waals surface area contributed by atoms with Crippen LogP contribution in [-0.4, -0.2) is 9.55 Å². The van der Waals surface area contributed by atoms with Gasteiger partial charge in [-0.1, -0.05) is 109 Å². The van der Waals surface area contributed by atoms with Crippen LogP contribution >= 0.6 is 0 Å². The number of benzene rings is 7. The maximum atomic E-state index is 5.00. The average Bonchev–Trinajstić information content (AvgIpc) is 3.37. The Balaban J connectivity index is 1.34. The van der Waals surface area contributed by atoms with Crippen molar-refractivity contribution in [3.63, 3.8) is 0 Å². The lowest BCUT2D eigenvalue weighted by molar-refractivity contribution is 1.14. The molecule has 0 spiro atoms. The Morgan fingerprint density at radius 1 is 0.390 bits per heavy atom. The lowest BCUT2D eigenvalue weighted by Crippen LogP contribution is -1.96. The number of aromatic nitrogens is 2. The van der Waals surface area contributed by atoms with Crippen molar-refractivity contribution in [2.45, 2.75) is 0 Å². The van der Waals surface area contributed by atoms with Crippen molar-refractivity contribution in [1.82, 2.24) is 9.55 Å².